The molecule has 35 heavy (non-hydrogen) atoms. The van der Waals surface area contributed by atoms with Gasteiger partial charge in [-0.05, 0) is 45.1 Å². The van der Waals surface area contributed by atoms with Crippen LogP contribution >= 0.6 is 0 Å². The first-order valence-electron chi connectivity index (χ1n) is 12.0. The standard InChI is InChI=1S/C26H37NO7.CH4/c1-17(6-5-7-18(2)25(29)33-15-12-27-10-13-32-14-11-27)8-9-20-23(28)22-21(16-34-26(22)30)19(3)24(20)31-4;/h8,18,28H,5-7,9-16H2,1-4H3;1H4/b17-8+;. The summed E-state index contributed by atoms with van der Waals surface area (Å²) >= 11 is 0. The van der Waals surface area contributed by atoms with Crippen molar-refractivity contribution in [3.05, 3.63) is 33.9 Å². The largest absolute Gasteiger partial charge is 0.507 e. The van der Waals surface area contributed by atoms with E-state index in [2.05, 4.69) is 4.90 Å². The molecular formula is C27H41NO7. The van der Waals surface area contributed by atoms with E-state index in [1.807, 2.05) is 26.8 Å². The lowest BCUT2D eigenvalue weighted by atomic mass is 9.94. The topological polar surface area (TPSA) is 94.5 Å². The zero-order valence-corrected chi connectivity index (χ0v) is 20.8. The molecule has 3 rings (SSSR count). The number of carbonyl (C=O) groups excluding carboxylic acids is 2. The predicted molar refractivity (Wildman–Crippen MR) is 134 cm³/mol. The van der Waals surface area contributed by atoms with Crippen LogP contribution in [0.4, 0.5) is 0 Å². The molecule has 0 radical (unpaired) electrons. The molecule has 0 spiro atoms. The Bertz CT molecular complexity index is 919. The first kappa shape index (κ1) is 28.7. The molecule has 2 aliphatic rings. The highest BCUT2D eigenvalue weighted by atomic mass is 16.5. The molecule has 1 aromatic rings. The fourth-order valence-corrected chi connectivity index (χ4v) is 4.45. The van der Waals surface area contributed by atoms with Gasteiger partial charge in [0.15, 0.2) is 0 Å². The van der Waals surface area contributed by atoms with Crippen LogP contribution in [0.2, 0.25) is 0 Å². The highest BCUT2D eigenvalue weighted by Crippen LogP contribution is 2.42. The van der Waals surface area contributed by atoms with Gasteiger partial charge in [0, 0.05) is 30.8 Å². The summed E-state index contributed by atoms with van der Waals surface area (Å²) in [4.78, 5) is 26.6. The van der Waals surface area contributed by atoms with Gasteiger partial charge in [-0.1, -0.05) is 26.0 Å². The van der Waals surface area contributed by atoms with Gasteiger partial charge in [-0.2, -0.15) is 0 Å². The quantitative estimate of drug-likeness (QED) is 0.364. The number of benzene rings is 1. The smallest absolute Gasteiger partial charge is 0.342 e. The van der Waals surface area contributed by atoms with Crippen molar-refractivity contribution in [2.24, 2.45) is 5.92 Å². The third kappa shape index (κ3) is 7.21. The summed E-state index contributed by atoms with van der Waals surface area (Å²) in [5.74, 6) is -0.257. The van der Waals surface area contributed by atoms with Crippen molar-refractivity contribution in [1.29, 1.82) is 0 Å². The van der Waals surface area contributed by atoms with Crippen LogP contribution in [0, 0.1) is 12.8 Å². The number of methoxy groups -OCH3 is 1. The Balaban J connectivity index is 0.00000432. The van der Waals surface area contributed by atoms with Gasteiger partial charge in [0.05, 0.1) is 26.2 Å². The first-order chi connectivity index (χ1) is 16.3. The summed E-state index contributed by atoms with van der Waals surface area (Å²) in [6, 6.07) is 0. The number of hydrogen-bond donors (Lipinski definition) is 1. The average Bonchev–Trinajstić information content (AvgIpc) is 3.22. The third-order valence-corrected chi connectivity index (χ3v) is 6.67. The van der Waals surface area contributed by atoms with Gasteiger partial charge in [-0.15, -0.1) is 0 Å². The van der Waals surface area contributed by atoms with E-state index in [0.29, 0.717) is 29.9 Å². The number of rotatable bonds is 11. The van der Waals surface area contributed by atoms with Gasteiger partial charge in [-0.25, -0.2) is 4.79 Å². The van der Waals surface area contributed by atoms with E-state index in [1.54, 1.807) is 7.11 Å². The Morgan fingerprint density at radius 1 is 1.29 bits per heavy atom. The van der Waals surface area contributed by atoms with Crippen molar-refractivity contribution in [3.8, 4) is 11.5 Å². The van der Waals surface area contributed by atoms with Crippen molar-refractivity contribution < 1.29 is 33.6 Å². The fraction of sp³-hybridized carbons (Fsp3) is 0.630. The summed E-state index contributed by atoms with van der Waals surface area (Å²) < 4.78 is 21.4. The third-order valence-electron chi connectivity index (χ3n) is 6.67. The molecule has 0 amide bonds. The van der Waals surface area contributed by atoms with E-state index < -0.39 is 5.97 Å². The number of ether oxygens (including phenoxy) is 4. The maximum absolute atomic E-state index is 12.3. The van der Waals surface area contributed by atoms with E-state index >= 15 is 0 Å². The van der Waals surface area contributed by atoms with Gasteiger partial charge in [-0.3, -0.25) is 9.69 Å². The van der Waals surface area contributed by atoms with Crippen LogP contribution in [0.15, 0.2) is 11.6 Å². The number of carbonyl (C=O) groups is 2. The van der Waals surface area contributed by atoms with Crippen molar-refractivity contribution in [1.82, 2.24) is 4.90 Å². The molecule has 196 valence electrons. The monoisotopic (exact) mass is 491 g/mol. The number of hydrogen-bond acceptors (Lipinski definition) is 8. The van der Waals surface area contributed by atoms with Crippen LogP contribution < -0.4 is 4.74 Å². The van der Waals surface area contributed by atoms with Crippen LogP contribution in [0.25, 0.3) is 0 Å². The molecule has 8 nitrogen and oxygen atoms in total. The lowest BCUT2D eigenvalue weighted by molar-refractivity contribution is -0.148. The zero-order chi connectivity index (χ0) is 24.7. The summed E-state index contributed by atoms with van der Waals surface area (Å²) in [6.45, 7) is 10.4. The van der Waals surface area contributed by atoms with Crippen molar-refractivity contribution in [2.45, 2.75) is 60.5 Å². The Hall–Kier alpha value is -2.58. The second-order valence-electron chi connectivity index (χ2n) is 9.08. The molecule has 1 fully saturated rings. The molecule has 0 aromatic heterocycles. The minimum Gasteiger partial charge on any atom is -0.507 e. The highest BCUT2D eigenvalue weighted by molar-refractivity contribution is 5.98. The fourth-order valence-electron chi connectivity index (χ4n) is 4.45. The molecule has 1 saturated heterocycles. The number of esters is 2. The number of allylic oxidation sites excluding steroid dienone is 2. The van der Waals surface area contributed by atoms with Crippen molar-refractivity contribution in [3.63, 3.8) is 0 Å². The lowest BCUT2D eigenvalue weighted by Crippen LogP contribution is -2.38. The molecule has 1 N–H and O–H groups in total. The van der Waals surface area contributed by atoms with Crippen LogP contribution in [0.3, 0.4) is 0 Å². The lowest BCUT2D eigenvalue weighted by Gasteiger charge is -2.26. The molecule has 2 heterocycles. The SMILES string of the molecule is C.COc1c(C)c2c(c(O)c1C/C=C(\C)CCCC(C)C(=O)OCCN1CCOCC1)C(=O)OC2. The molecule has 8 heteroatoms. The summed E-state index contributed by atoms with van der Waals surface area (Å²) in [5.41, 5.74) is 3.50. The molecule has 0 aliphatic carbocycles. The number of nitrogens with zero attached hydrogens (tertiary/aromatic N) is 1. The van der Waals surface area contributed by atoms with Crippen LogP contribution in [-0.2, 0) is 32.0 Å². The van der Waals surface area contributed by atoms with Gasteiger partial charge in [0.1, 0.15) is 30.3 Å². The van der Waals surface area contributed by atoms with Gasteiger partial charge < -0.3 is 24.1 Å². The van der Waals surface area contributed by atoms with Crippen LogP contribution in [0.5, 0.6) is 11.5 Å². The maximum Gasteiger partial charge on any atom is 0.342 e. The predicted octanol–water partition coefficient (Wildman–Crippen LogP) is 4.19. The van der Waals surface area contributed by atoms with Crippen LogP contribution in [0.1, 0.15) is 67.6 Å². The van der Waals surface area contributed by atoms with E-state index in [4.69, 9.17) is 18.9 Å². The Labute approximate surface area is 209 Å². The van der Waals surface area contributed by atoms with Gasteiger partial charge in [0.25, 0.3) is 0 Å². The number of cyclic esters (lactones) is 1. The van der Waals surface area contributed by atoms with E-state index in [-0.39, 0.29) is 37.2 Å². The normalized spacial score (nSPS) is 16.8. The molecule has 1 unspecified atom stereocenters. The second kappa shape index (κ2) is 13.5. The van der Waals surface area contributed by atoms with Gasteiger partial charge in [0.2, 0.25) is 0 Å². The molecule has 0 saturated carbocycles. The second-order valence-corrected chi connectivity index (χ2v) is 9.08. The number of morpholine rings is 1. The molecule has 1 atom stereocenters. The Morgan fingerprint density at radius 2 is 2.00 bits per heavy atom. The Morgan fingerprint density at radius 3 is 2.69 bits per heavy atom. The average molecular weight is 492 g/mol. The van der Waals surface area contributed by atoms with E-state index in [1.165, 1.54) is 0 Å². The summed E-state index contributed by atoms with van der Waals surface area (Å²) in [5, 5.41) is 10.7. The minimum absolute atomic E-state index is 0. The van der Waals surface area contributed by atoms with Gasteiger partial charge >= 0.3 is 11.9 Å². The number of phenols is 1. The molecule has 1 aromatic carbocycles. The van der Waals surface area contributed by atoms with Crippen molar-refractivity contribution in [2.75, 3.05) is 46.6 Å². The number of fused-ring (bicyclic) bond motifs is 1. The van der Waals surface area contributed by atoms with E-state index in [9.17, 15) is 14.7 Å². The summed E-state index contributed by atoms with van der Waals surface area (Å²) in [6.07, 6.45) is 4.93. The molecule has 0 bridgehead atoms. The van der Waals surface area contributed by atoms with Crippen molar-refractivity contribution >= 4 is 11.9 Å². The summed E-state index contributed by atoms with van der Waals surface area (Å²) in [7, 11) is 1.56. The number of phenolic OH excluding ortho intramolecular Hbond substituents is 1. The molecular weight excluding hydrogens is 450 g/mol. The number of aromatic hydroxyl groups is 1. The Kier molecular flexibility index (Phi) is 11.0. The first-order valence-corrected chi connectivity index (χ1v) is 12.0. The zero-order valence-electron chi connectivity index (χ0n) is 20.8. The minimum atomic E-state index is -0.494. The highest BCUT2D eigenvalue weighted by Gasteiger charge is 2.31. The van der Waals surface area contributed by atoms with E-state index in [0.717, 1.165) is 63.2 Å². The van der Waals surface area contributed by atoms with Crippen LogP contribution in [-0.4, -0.2) is 68.5 Å². The molecule has 2 aliphatic heterocycles. The maximum atomic E-state index is 12.3.